The molecule has 0 aliphatic rings. The maximum atomic E-state index is 6.85. The van der Waals surface area contributed by atoms with Crippen LogP contribution < -0.4 is 35.5 Å². The van der Waals surface area contributed by atoms with Crippen LogP contribution in [-0.2, 0) is 4.99 Å². The second-order valence-electron chi connectivity index (χ2n) is 0.105. The van der Waals surface area contributed by atoms with Gasteiger partial charge in [-0.15, -0.1) is 4.99 Å². The third kappa shape index (κ3) is 31.6. The van der Waals surface area contributed by atoms with Gasteiger partial charge < -0.3 is 0 Å². The standard InChI is InChI=1S/Al.H3NO2.Na/c;1-3-2;/h;2H,1H2;/q+3;;+1. The molecule has 0 bridgehead atoms. The zero-order valence-electron chi connectivity index (χ0n) is 3.01. The largest absolute Gasteiger partial charge is 3.00 e. The molecule has 0 aromatic heterocycles. The summed E-state index contributed by atoms with van der Waals surface area (Å²) in [7, 11) is 0. The molecule has 0 spiro atoms. The van der Waals surface area contributed by atoms with E-state index in [-0.39, 0.29) is 46.9 Å². The fourth-order valence-corrected chi connectivity index (χ4v) is 0. The van der Waals surface area contributed by atoms with Crippen molar-refractivity contribution in [3.05, 3.63) is 0 Å². The van der Waals surface area contributed by atoms with Gasteiger partial charge in [0, 0.05) is 0 Å². The molecule has 0 aliphatic carbocycles. The van der Waals surface area contributed by atoms with Crippen LogP contribution in [0.4, 0.5) is 0 Å². The summed E-state index contributed by atoms with van der Waals surface area (Å²) >= 11 is 0. The van der Waals surface area contributed by atoms with Crippen LogP contribution in [0.1, 0.15) is 0 Å². The summed E-state index contributed by atoms with van der Waals surface area (Å²) in [4.78, 5) is 2.75. The zero-order chi connectivity index (χ0) is 2.71. The maximum Gasteiger partial charge on any atom is 3.00 e. The van der Waals surface area contributed by atoms with E-state index in [1.807, 2.05) is 0 Å². The van der Waals surface area contributed by atoms with Crippen LogP contribution in [0, 0.1) is 0 Å². The Morgan fingerprint density at radius 3 is 1.60 bits per heavy atom. The van der Waals surface area contributed by atoms with Gasteiger partial charge >= 0.3 is 46.9 Å². The van der Waals surface area contributed by atoms with E-state index >= 15 is 0 Å². The number of hydrogen-bond donors (Lipinski definition) is 2. The summed E-state index contributed by atoms with van der Waals surface area (Å²) in [5, 5.41) is 6.85. The zero-order valence-corrected chi connectivity index (χ0v) is 6.16. The Morgan fingerprint density at radius 2 is 1.60 bits per heavy atom. The normalized spacial score (nSPS) is 3.60. The molecule has 20 valence electrons. The van der Waals surface area contributed by atoms with Crippen molar-refractivity contribution in [2.24, 2.45) is 5.90 Å². The molecule has 0 amide bonds. The van der Waals surface area contributed by atoms with Crippen LogP contribution in [0.5, 0.6) is 0 Å². The minimum atomic E-state index is 0. The molecule has 5 heavy (non-hydrogen) atoms. The van der Waals surface area contributed by atoms with Gasteiger partial charge in [0.05, 0.1) is 0 Å². The van der Waals surface area contributed by atoms with Gasteiger partial charge in [0.15, 0.2) is 0 Å². The molecule has 3 nitrogen and oxygen atoms in total. The van der Waals surface area contributed by atoms with Crippen molar-refractivity contribution in [2.75, 3.05) is 0 Å². The minimum Gasteiger partial charge on any atom is -0.233 e. The van der Waals surface area contributed by atoms with Gasteiger partial charge in [-0.3, -0.25) is 0 Å². The Balaban J connectivity index is -0.0000000200. The number of nitrogens with two attached hydrogens (primary N) is 1. The van der Waals surface area contributed by atoms with E-state index in [1.165, 1.54) is 0 Å². The van der Waals surface area contributed by atoms with Crippen LogP contribution >= 0.6 is 0 Å². The molecule has 0 fully saturated rings. The molecule has 0 saturated heterocycles. The van der Waals surface area contributed by atoms with Gasteiger partial charge in [0.2, 0.25) is 0 Å². The van der Waals surface area contributed by atoms with Crippen LogP contribution in [0.15, 0.2) is 0 Å². The van der Waals surface area contributed by atoms with Crippen molar-refractivity contribution in [2.45, 2.75) is 0 Å². The molecule has 0 aromatic rings. The fourth-order valence-electron chi connectivity index (χ4n) is 0. The second-order valence-corrected chi connectivity index (χ2v) is 0.105. The molecule has 0 atom stereocenters. The van der Waals surface area contributed by atoms with Crippen LogP contribution in [0.3, 0.4) is 0 Å². The maximum absolute atomic E-state index is 6.85. The van der Waals surface area contributed by atoms with Crippen molar-refractivity contribution in [3.8, 4) is 0 Å². The molecule has 0 aromatic carbocycles. The number of hydrogen-bond acceptors (Lipinski definition) is 3. The predicted molar refractivity (Wildman–Crippen MR) is 13.7 cm³/mol. The molecule has 0 rings (SSSR count). The van der Waals surface area contributed by atoms with Gasteiger partial charge in [-0.2, -0.15) is 5.90 Å². The van der Waals surface area contributed by atoms with E-state index in [0.717, 1.165) is 0 Å². The average molecular weight is 99.0 g/mol. The predicted octanol–water partition coefficient (Wildman–Crippen LogP) is -4.03. The Labute approximate surface area is 62.8 Å². The summed E-state index contributed by atoms with van der Waals surface area (Å²) in [6, 6.07) is 0. The Hall–Kier alpha value is 1.41. The fraction of sp³-hybridized carbons (Fsp3) is 0. The van der Waals surface area contributed by atoms with Crippen molar-refractivity contribution < 1.29 is 39.8 Å². The van der Waals surface area contributed by atoms with Gasteiger partial charge in [-0.05, 0) is 0 Å². The van der Waals surface area contributed by atoms with E-state index in [4.69, 9.17) is 5.26 Å². The van der Waals surface area contributed by atoms with E-state index < -0.39 is 0 Å². The molecule has 0 unspecified atom stereocenters. The minimum absolute atomic E-state index is 0. The second kappa shape index (κ2) is 18.1. The third-order valence-electron chi connectivity index (χ3n) is 0. The van der Waals surface area contributed by atoms with Crippen molar-refractivity contribution >= 4 is 17.4 Å². The smallest absolute Gasteiger partial charge is 0.233 e. The van der Waals surface area contributed by atoms with Gasteiger partial charge in [0.25, 0.3) is 0 Å². The molecule has 0 saturated carbocycles. The monoisotopic (exact) mass is 99.0 g/mol. The molecule has 0 aliphatic heterocycles. The first-order chi connectivity index (χ1) is 1.41. The Morgan fingerprint density at radius 1 is 1.60 bits per heavy atom. The molecular weight excluding hydrogens is 96.0 g/mol. The van der Waals surface area contributed by atoms with Gasteiger partial charge in [-0.1, -0.05) is 0 Å². The topological polar surface area (TPSA) is 55.5 Å². The van der Waals surface area contributed by atoms with Crippen molar-refractivity contribution in [1.82, 2.24) is 0 Å². The van der Waals surface area contributed by atoms with E-state index in [0.29, 0.717) is 0 Å². The number of rotatable bonds is 0. The first kappa shape index (κ1) is 16.1. The Bertz CT molecular complexity index is 9.61. The molecular formula is H3AlNNaO2+4. The van der Waals surface area contributed by atoms with Gasteiger partial charge in [0.1, 0.15) is 0 Å². The van der Waals surface area contributed by atoms with Crippen molar-refractivity contribution in [3.63, 3.8) is 0 Å². The van der Waals surface area contributed by atoms with E-state index in [1.54, 1.807) is 0 Å². The average Bonchev–Trinajstić information content (AvgIpc) is 0.918. The summed E-state index contributed by atoms with van der Waals surface area (Å²) in [6.07, 6.45) is 0. The third-order valence-corrected chi connectivity index (χ3v) is 0. The van der Waals surface area contributed by atoms with Crippen LogP contribution in [0.2, 0.25) is 0 Å². The first-order valence-electron chi connectivity index (χ1n) is 0.418. The SMILES string of the molecule is NOO.[Al+3].[Na+]. The summed E-state index contributed by atoms with van der Waals surface area (Å²) < 4.78 is 0. The summed E-state index contributed by atoms with van der Waals surface area (Å²) in [5.41, 5.74) is 0. The first-order valence-corrected chi connectivity index (χ1v) is 0.418. The molecule has 5 heteroatoms. The molecule has 0 heterocycles. The van der Waals surface area contributed by atoms with Crippen LogP contribution in [0.25, 0.3) is 0 Å². The van der Waals surface area contributed by atoms with Crippen LogP contribution in [-0.4, -0.2) is 22.6 Å². The molecule has 3 N–H and O–H groups in total. The Kier molecular flexibility index (Phi) is 58.4. The van der Waals surface area contributed by atoms with E-state index in [9.17, 15) is 0 Å². The summed E-state index contributed by atoms with van der Waals surface area (Å²) in [5.74, 6) is 3.90. The van der Waals surface area contributed by atoms with Crippen molar-refractivity contribution in [1.29, 1.82) is 0 Å². The quantitative estimate of drug-likeness (QED) is 0.185. The summed E-state index contributed by atoms with van der Waals surface area (Å²) in [6.45, 7) is 0. The molecule has 0 radical (unpaired) electrons. The van der Waals surface area contributed by atoms with E-state index in [2.05, 4.69) is 10.9 Å². The van der Waals surface area contributed by atoms with Gasteiger partial charge in [-0.25, -0.2) is 5.26 Å².